The third-order valence-corrected chi connectivity index (χ3v) is 6.23. The predicted octanol–water partition coefficient (Wildman–Crippen LogP) is 2.75. The molecule has 11 nitrogen and oxygen atoms in total. The molecule has 2 unspecified atom stereocenters. The van der Waals surface area contributed by atoms with Crippen LogP contribution < -0.4 is 5.32 Å². The van der Waals surface area contributed by atoms with Gasteiger partial charge in [-0.15, -0.1) is 16.4 Å². The van der Waals surface area contributed by atoms with Crippen molar-refractivity contribution in [3.8, 4) is 27.2 Å². The Hall–Kier alpha value is -3.37. The number of aromatic nitrogens is 4. The molecule has 1 aliphatic heterocycles. The van der Waals surface area contributed by atoms with Gasteiger partial charge in [-0.1, -0.05) is 0 Å². The molecule has 4 N–H and O–H groups in total. The zero-order valence-corrected chi connectivity index (χ0v) is 17.6. The number of carbonyl (C=O) groups is 1. The SMILES string of the molecule is N#Cc1c(-c2ccnc(NC(=O)O)c2)sc(-c2ncn(C3CCCCO3)n2)c1C(O)CO. The molecule has 3 aromatic rings. The molecule has 0 spiro atoms. The van der Waals surface area contributed by atoms with E-state index in [4.69, 9.17) is 9.84 Å². The van der Waals surface area contributed by atoms with Gasteiger partial charge in [0.2, 0.25) is 0 Å². The number of hydrogen-bond acceptors (Lipinski definition) is 9. The molecule has 1 fully saturated rings. The predicted molar refractivity (Wildman–Crippen MR) is 114 cm³/mol. The summed E-state index contributed by atoms with van der Waals surface area (Å²) in [7, 11) is 0. The Labute approximate surface area is 186 Å². The molecule has 32 heavy (non-hydrogen) atoms. The molecule has 1 amide bonds. The van der Waals surface area contributed by atoms with Gasteiger partial charge < -0.3 is 20.1 Å². The number of aliphatic hydroxyl groups is 2. The monoisotopic (exact) mass is 456 g/mol. The minimum Gasteiger partial charge on any atom is -0.465 e. The number of aliphatic hydroxyl groups excluding tert-OH is 2. The normalized spacial score (nSPS) is 17.0. The lowest BCUT2D eigenvalue weighted by Gasteiger charge is -2.21. The van der Waals surface area contributed by atoms with Crippen LogP contribution in [0, 0.1) is 11.3 Å². The number of thiophene rings is 1. The zero-order valence-electron chi connectivity index (χ0n) is 16.8. The number of ether oxygens (including phenoxy) is 1. The second kappa shape index (κ2) is 9.41. The summed E-state index contributed by atoms with van der Waals surface area (Å²) in [5.41, 5.74) is 0.907. The van der Waals surface area contributed by atoms with Gasteiger partial charge >= 0.3 is 6.09 Å². The van der Waals surface area contributed by atoms with Gasteiger partial charge in [-0.3, -0.25) is 5.32 Å². The summed E-state index contributed by atoms with van der Waals surface area (Å²) in [6, 6.07) is 5.21. The van der Waals surface area contributed by atoms with Crippen molar-refractivity contribution in [3.63, 3.8) is 0 Å². The molecule has 0 saturated carbocycles. The lowest BCUT2D eigenvalue weighted by Crippen LogP contribution is -2.18. The maximum Gasteiger partial charge on any atom is 0.410 e. The zero-order chi connectivity index (χ0) is 22.7. The second-order valence-corrected chi connectivity index (χ2v) is 8.11. The summed E-state index contributed by atoms with van der Waals surface area (Å²) in [6.07, 6.45) is 2.98. The third-order valence-electron chi connectivity index (χ3n) is 4.98. The Kier molecular flexibility index (Phi) is 6.42. The lowest BCUT2D eigenvalue weighted by molar-refractivity contribution is -0.0395. The van der Waals surface area contributed by atoms with Crippen LogP contribution in [0.5, 0.6) is 0 Å². The smallest absolute Gasteiger partial charge is 0.410 e. The van der Waals surface area contributed by atoms with E-state index in [1.165, 1.54) is 23.6 Å². The summed E-state index contributed by atoms with van der Waals surface area (Å²) in [5, 5.41) is 45.6. The van der Waals surface area contributed by atoms with Gasteiger partial charge in [0.05, 0.1) is 21.9 Å². The van der Waals surface area contributed by atoms with Crippen molar-refractivity contribution >= 4 is 23.2 Å². The van der Waals surface area contributed by atoms with Crippen molar-refractivity contribution in [3.05, 3.63) is 35.8 Å². The van der Waals surface area contributed by atoms with E-state index in [1.54, 1.807) is 17.1 Å². The summed E-state index contributed by atoms with van der Waals surface area (Å²) >= 11 is 1.17. The molecule has 3 aromatic heterocycles. The molecule has 166 valence electrons. The fourth-order valence-electron chi connectivity index (χ4n) is 3.53. The Morgan fingerprint density at radius 2 is 2.25 bits per heavy atom. The summed E-state index contributed by atoms with van der Waals surface area (Å²) in [6.45, 7) is 0.0529. The Balaban J connectivity index is 1.80. The number of pyridine rings is 1. The topological polar surface area (TPSA) is 166 Å². The van der Waals surface area contributed by atoms with E-state index in [-0.39, 0.29) is 23.2 Å². The van der Waals surface area contributed by atoms with Gasteiger partial charge in [0, 0.05) is 18.4 Å². The fourth-order valence-corrected chi connectivity index (χ4v) is 4.77. The van der Waals surface area contributed by atoms with Crippen molar-refractivity contribution in [2.24, 2.45) is 0 Å². The van der Waals surface area contributed by atoms with Gasteiger partial charge in [-0.25, -0.2) is 19.4 Å². The van der Waals surface area contributed by atoms with E-state index in [9.17, 15) is 20.3 Å². The molecule has 0 bridgehead atoms. The first-order chi connectivity index (χ1) is 15.5. The highest BCUT2D eigenvalue weighted by atomic mass is 32.1. The van der Waals surface area contributed by atoms with Crippen molar-refractivity contribution in [1.29, 1.82) is 5.26 Å². The van der Waals surface area contributed by atoms with Gasteiger partial charge in [-0.2, -0.15) is 5.26 Å². The average Bonchev–Trinajstić information content (AvgIpc) is 3.44. The number of carboxylic acid groups (broad SMARTS) is 1. The first-order valence-electron chi connectivity index (χ1n) is 9.87. The highest BCUT2D eigenvalue weighted by molar-refractivity contribution is 7.19. The molecular formula is C20H20N6O5S. The van der Waals surface area contributed by atoms with E-state index in [2.05, 4.69) is 26.5 Å². The van der Waals surface area contributed by atoms with Crippen LogP contribution in [0.1, 0.15) is 42.7 Å². The highest BCUT2D eigenvalue weighted by Gasteiger charge is 2.28. The molecule has 0 radical (unpaired) electrons. The molecular weight excluding hydrogens is 436 g/mol. The number of nitrogens with one attached hydrogen (secondary N) is 1. The van der Waals surface area contributed by atoms with Crippen LogP contribution >= 0.6 is 11.3 Å². The standard InChI is InChI=1S/C20H20N6O5S/c21-8-12-16(13(28)9-27)18(19-23-10-26(25-19)15-3-1-2-6-31-15)32-17(12)11-4-5-22-14(7-11)24-20(29)30/h4-5,7,10,13,15,27-28H,1-3,6,9H2,(H,22,24)(H,29,30). The summed E-state index contributed by atoms with van der Waals surface area (Å²) in [4.78, 5) is 20.2. The van der Waals surface area contributed by atoms with Crippen LogP contribution in [-0.4, -0.2) is 54.4 Å². The number of anilines is 1. The van der Waals surface area contributed by atoms with E-state index in [0.29, 0.717) is 27.7 Å². The first kappa shape index (κ1) is 21.8. The van der Waals surface area contributed by atoms with Gasteiger partial charge in [-0.05, 0) is 37.0 Å². The number of nitriles is 1. The maximum atomic E-state index is 11.0. The number of amides is 1. The van der Waals surface area contributed by atoms with Crippen molar-refractivity contribution in [1.82, 2.24) is 19.7 Å². The molecule has 4 rings (SSSR count). The lowest BCUT2D eigenvalue weighted by atomic mass is 10.0. The van der Waals surface area contributed by atoms with E-state index < -0.39 is 18.8 Å². The van der Waals surface area contributed by atoms with Crippen LogP contribution in [0.15, 0.2) is 24.7 Å². The molecule has 2 atom stereocenters. The largest absolute Gasteiger partial charge is 0.465 e. The Morgan fingerprint density at radius 1 is 1.41 bits per heavy atom. The van der Waals surface area contributed by atoms with Crippen LogP contribution in [-0.2, 0) is 4.74 Å². The number of nitrogens with zero attached hydrogens (tertiary/aromatic N) is 5. The summed E-state index contributed by atoms with van der Waals surface area (Å²) < 4.78 is 7.36. The van der Waals surface area contributed by atoms with Crippen molar-refractivity contribution in [2.45, 2.75) is 31.6 Å². The Bertz CT molecular complexity index is 1160. The van der Waals surface area contributed by atoms with Crippen LogP contribution in [0.2, 0.25) is 0 Å². The van der Waals surface area contributed by atoms with E-state index in [1.807, 2.05) is 0 Å². The highest BCUT2D eigenvalue weighted by Crippen LogP contribution is 2.44. The molecule has 1 saturated heterocycles. The fraction of sp³-hybridized carbons (Fsp3) is 0.350. The average molecular weight is 456 g/mol. The van der Waals surface area contributed by atoms with E-state index >= 15 is 0 Å². The van der Waals surface area contributed by atoms with Crippen molar-refractivity contribution in [2.75, 3.05) is 18.5 Å². The molecule has 1 aliphatic rings. The molecule has 12 heteroatoms. The second-order valence-electron chi connectivity index (χ2n) is 7.09. The van der Waals surface area contributed by atoms with Crippen LogP contribution in [0.3, 0.4) is 0 Å². The maximum absolute atomic E-state index is 11.0. The Morgan fingerprint density at radius 3 is 2.94 bits per heavy atom. The van der Waals surface area contributed by atoms with Gasteiger partial charge in [0.1, 0.15) is 24.3 Å². The third kappa shape index (κ3) is 4.32. The minimum absolute atomic E-state index is 0.0925. The van der Waals surface area contributed by atoms with Crippen LogP contribution in [0.4, 0.5) is 10.6 Å². The van der Waals surface area contributed by atoms with Gasteiger partial charge in [0.25, 0.3) is 0 Å². The van der Waals surface area contributed by atoms with Crippen LogP contribution in [0.25, 0.3) is 21.1 Å². The minimum atomic E-state index is -1.32. The van der Waals surface area contributed by atoms with Gasteiger partial charge in [0.15, 0.2) is 12.1 Å². The van der Waals surface area contributed by atoms with E-state index in [0.717, 1.165) is 19.3 Å². The molecule has 0 aromatic carbocycles. The molecule has 4 heterocycles. The number of hydrogen-bond donors (Lipinski definition) is 4. The first-order valence-corrected chi connectivity index (χ1v) is 10.7. The molecule has 0 aliphatic carbocycles. The van der Waals surface area contributed by atoms with Crippen molar-refractivity contribution < 1.29 is 24.9 Å². The summed E-state index contributed by atoms with van der Waals surface area (Å²) in [5.74, 6) is 0.391. The number of rotatable bonds is 6. The quantitative estimate of drug-likeness (QED) is 0.436.